The molecular formula is C23H22N4O3S. The van der Waals surface area contributed by atoms with Gasteiger partial charge in [0.2, 0.25) is 11.8 Å². The van der Waals surface area contributed by atoms with Gasteiger partial charge in [0.1, 0.15) is 22.9 Å². The SMILES string of the molecule is N#CC1(NC(=O)CNC(=O)Cc2nc3cc(OCc4ccccc4)ccc3s2)CCC1. The quantitative estimate of drug-likeness (QED) is 0.567. The molecule has 2 amide bonds. The van der Waals surface area contributed by atoms with Gasteiger partial charge in [0.25, 0.3) is 0 Å². The summed E-state index contributed by atoms with van der Waals surface area (Å²) in [6.07, 6.45) is 2.34. The van der Waals surface area contributed by atoms with Crippen LogP contribution in [0.15, 0.2) is 48.5 Å². The van der Waals surface area contributed by atoms with Crippen molar-refractivity contribution in [3.05, 3.63) is 59.1 Å². The molecule has 1 heterocycles. The molecule has 0 radical (unpaired) electrons. The summed E-state index contributed by atoms with van der Waals surface area (Å²) in [6, 6.07) is 17.8. The van der Waals surface area contributed by atoms with Crippen LogP contribution in [0.1, 0.15) is 29.8 Å². The Morgan fingerprint density at radius 3 is 2.68 bits per heavy atom. The number of amides is 2. The molecule has 1 aromatic heterocycles. The number of carbonyl (C=O) groups is 2. The number of nitrogens with one attached hydrogen (secondary N) is 2. The van der Waals surface area contributed by atoms with Crippen LogP contribution in [-0.4, -0.2) is 28.9 Å². The lowest BCUT2D eigenvalue weighted by atomic mass is 9.78. The number of nitriles is 1. The fourth-order valence-corrected chi connectivity index (χ4v) is 4.29. The first-order valence-corrected chi connectivity index (χ1v) is 10.9. The standard InChI is InChI=1S/C23H22N4O3S/c24-15-23(9-4-10-23)27-21(29)13-25-20(28)12-22-26-18-11-17(7-8-19(18)31-22)30-14-16-5-2-1-3-6-16/h1-3,5-8,11H,4,9-10,12-14H2,(H,25,28)(H,27,29). The van der Waals surface area contributed by atoms with Crippen molar-refractivity contribution in [1.29, 1.82) is 5.26 Å². The molecule has 7 nitrogen and oxygen atoms in total. The van der Waals surface area contributed by atoms with Crippen molar-refractivity contribution < 1.29 is 14.3 Å². The molecule has 0 aliphatic heterocycles. The Kier molecular flexibility index (Phi) is 6.14. The third kappa shape index (κ3) is 5.19. The van der Waals surface area contributed by atoms with Gasteiger partial charge in [-0.25, -0.2) is 4.98 Å². The van der Waals surface area contributed by atoms with Gasteiger partial charge in [0.05, 0.1) is 29.3 Å². The van der Waals surface area contributed by atoms with Gasteiger partial charge in [-0.2, -0.15) is 5.26 Å². The smallest absolute Gasteiger partial charge is 0.240 e. The Morgan fingerprint density at radius 1 is 1.16 bits per heavy atom. The van der Waals surface area contributed by atoms with Crippen LogP contribution in [0.2, 0.25) is 0 Å². The predicted octanol–water partition coefficient (Wildman–Crippen LogP) is 3.10. The minimum absolute atomic E-state index is 0.0935. The van der Waals surface area contributed by atoms with E-state index in [-0.39, 0.29) is 24.8 Å². The van der Waals surface area contributed by atoms with Gasteiger partial charge in [-0.1, -0.05) is 30.3 Å². The van der Waals surface area contributed by atoms with Crippen LogP contribution in [0.3, 0.4) is 0 Å². The largest absolute Gasteiger partial charge is 0.489 e. The zero-order valence-corrected chi connectivity index (χ0v) is 17.7. The first kappa shape index (κ1) is 20.8. The molecule has 0 atom stereocenters. The molecule has 3 aromatic rings. The predicted molar refractivity (Wildman–Crippen MR) is 117 cm³/mol. The number of hydrogen-bond donors (Lipinski definition) is 2. The number of hydrogen-bond acceptors (Lipinski definition) is 6. The molecule has 1 saturated carbocycles. The minimum Gasteiger partial charge on any atom is -0.489 e. The average molecular weight is 435 g/mol. The number of thiazole rings is 1. The lowest BCUT2D eigenvalue weighted by molar-refractivity contribution is -0.127. The van der Waals surface area contributed by atoms with Crippen LogP contribution in [0, 0.1) is 11.3 Å². The van der Waals surface area contributed by atoms with Gasteiger partial charge in [-0.05, 0) is 37.0 Å². The zero-order chi connectivity index (χ0) is 21.7. The van der Waals surface area contributed by atoms with Crippen LogP contribution in [0.5, 0.6) is 5.75 Å². The van der Waals surface area contributed by atoms with E-state index in [9.17, 15) is 14.9 Å². The third-order valence-corrected chi connectivity index (χ3v) is 6.25. The number of benzene rings is 2. The van der Waals surface area contributed by atoms with E-state index in [0.29, 0.717) is 24.5 Å². The van der Waals surface area contributed by atoms with E-state index in [1.165, 1.54) is 11.3 Å². The Morgan fingerprint density at radius 2 is 1.97 bits per heavy atom. The molecule has 0 bridgehead atoms. The van der Waals surface area contributed by atoms with Gasteiger partial charge in [-0.15, -0.1) is 11.3 Å². The number of aromatic nitrogens is 1. The molecule has 0 unspecified atom stereocenters. The van der Waals surface area contributed by atoms with E-state index in [1.54, 1.807) is 0 Å². The fraction of sp³-hybridized carbons (Fsp3) is 0.304. The highest BCUT2D eigenvalue weighted by Gasteiger charge is 2.38. The van der Waals surface area contributed by atoms with Gasteiger partial charge >= 0.3 is 0 Å². The number of carbonyl (C=O) groups excluding carboxylic acids is 2. The lowest BCUT2D eigenvalue weighted by Gasteiger charge is -2.35. The van der Waals surface area contributed by atoms with E-state index in [4.69, 9.17) is 4.74 Å². The van der Waals surface area contributed by atoms with E-state index in [2.05, 4.69) is 21.7 Å². The molecule has 0 saturated heterocycles. The van der Waals surface area contributed by atoms with Gasteiger partial charge in [0.15, 0.2) is 0 Å². The molecule has 1 aliphatic carbocycles. The van der Waals surface area contributed by atoms with E-state index < -0.39 is 5.54 Å². The summed E-state index contributed by atoms with van der Waals surface area (Å²) in [5.41, 5.74) is 1.10. The van der Waals surface area contributed by atoms with Gasteiger partial charge in [0, 0.05) is 6.07 Å². The highest BCUT2D eigenvalue weighted by Crippen LogP contribution is 2.30. The lowest BCUT2D eigenvalue weighted by Crippen LogP contribution is -2.54. The Labute approximate surface area is 184 Å². The Balaban J connectivity index is 1.29. The normalized spacial score (nSPS) is 14.3. The summed E-state index contributed by atoms with van der Waals surface area (Å²) >= 11 is 1.44. The molecule has 2 N–H and O–H groups in total. The monoisotopic (exact) mass is 434 g/mol. The van der Waals surface area contributed by atoms with E-state index >= 15 is 0 Å². The highest BCUT2D eigenvalue weighted by atomic mass is 32.1. The second-order valence-electron chi connectivity index (χ2n) is 7.56. The summed E-state index contributed by atoms with van der Waals surface area (Å²) < 4.78 is 6.80. The number of nitrogens with zero attached hydrogens (tertiary/aromatic N) is 2. The van der Waals surface area contributed by atoms with Crippen molar-refractivity contribution in [3.8, 4) is 11.8 Å². The van der Waals surface area contributed by atoms with Crippen LogP contribution < -0.4 is 15.4 Å². The molecule has 31 heavy (non-hydrogen) atoms. The van der Waals surface area contributed by atoms with Gasteiger partial charge in [-0.3, -0.25) is 9.59 Å². The summed E-state index contributed by atoms with van der Waals surface area (Å²) in [7, 11) is 0. The van der Waals surface area contributed by atoms with Gasteiger partial charge < -0.3 is 15.4 Å². The molecule has 0 spiro atoms. The maximum absolute atomic E-state index is 12.2. The molecule has 8 heteroatoms. The minimum atomic E-state index is -0.755. The second kappa shape index (κ2) is 9.14. The summed E-state index contributed by atoms with van der Waals surface area (Å²) in [5.74, 6) is 0.0882. The van der Waals surface area contributed by atoms with E-state index in [0.717, 1.165) is 28.0 Å². The molecule has 158 valence electrons. The van der Waals surface area contributed by atoms with Crippen molar-refractivity contribution >= 4 is 33.4 Å². The van der Waals surface area contributed by atoms with Crippen LogP contribution in [0.4, 0.5) is 0 Å². The molecule has 1 fully saturated rings. The highest BCUT2D eigenvalue weighted by molar-refractivity contribution is 7.18. The van der Waals surface area contributed by atoms with Crippen molar-refractivity contribution in [2.24, 2.45) is 0 Å². The number of ether oxygens (including phenoxy) is 1. The number of fused-ring (bicyclic) bond motifs is 1. The summed E-state index contributed by atoms with van der Waals surface area (Å²) in [4.78, 5) is 28.8. The first-order valence-electron chi connectivity index (χ1n) is 10.1. The van der Waals surface area contributed by atoms with Crippen LogP contribution in [0.25, 0.3) is 10.2 Å². The Bertz CT molecular complexity index is 1130. The third-order valence-electron chi connectivity index (χ3n) is 5.21. The molecule has 1 aliphatic rings. The average Bonchev–Trinajstić information content (AvgIpc) is 3.15. The van der Waals surface area contributed by atoms with Crippen molar-refractivity contribution in [3.63, 3.8) is 0 Å². The van der Waals surface area contributed by atoms with Crippen LogP contribution >= 0.6 is 11.3 Å². The molecule has 2 aromatic carbocycles. The van der Waals surface area contributed by atoms with E-state index in [1.807, 2.05) is 48.5 Å². The zero-order valence-electron chi connectivity index (χ0n) is 16.9. The maximum atomic E-state index is 12.2. The van der Waals surface area contributed by atoms with Crippen LogP contribution in [-0.2, 0) is 22.6 Å². The molecular weight excluding hydrogens is 412 g/mol. The molecule has 4 rings (SSSR count). The number of rotatable bonds is 8. The summed E-state index contributed by atoms with van der Waals surface area (Å²) in [6.45, 7) is 0.325. The summed E-state index contributed by atoms with van der Waals surface area (Å²) in [5, 5.41) is 15.1. The Hall–Kier alpha value is -3.44. The second-order valence-corrected chi connectivity index (χ2v) is 8.68. The van der Waals surface area contributed by atoms with Crippen molar-refractivity contribution in [2.75, 3.05) is 6.54 Å². The fourth-order valence-electron chi connectivity index (χ4n) is 3.35. The van der Waals surface area contributed by atoms with Crippen molar-refractivity contribution in [1.82, 2.24) is 15.6 Å². The first-order chi connectivity index (χ1) is 15.0. The topological polar surface area (TPSA) is 104 Å². The van der Waals surface area contributed by atoms with Crippen molar-refractivity contribution in [2.45, 2.75) is 37.8 Å². The maximum Gasteiger partial charge on any atom is 0.240 e.